The first kappa shape index (κ1) is 13.7. The first-order chi connectivity index (χ1) is 9.16. The highest BCUT2D eigenvalue weighted by molar-refractivity contribution is 6.30. The van der Waals surface area contributed by atoms with Gasteiger partial charge in [0, 0.05) is 5.69 Å². The molecule has 2 rings (SSSR count). The molecule has 2 aromatic carbocycles. The van der Waals surface area contributed by atoms with Gasteiger partial charge in [-0.25, -0.2) is 4.39 Å². The lowest BCUT2D eigenvalue weighted by atomic mass is 10.1. The summed E-state index contributed by atoms with van der Waals surface area (Å²) in [5.74, 6) is -0.304. The summed E-state index contributed by atoms with van der Waals surface area (Å²) in [5, 5.41) is 0.0797. The lowest BCUT2D eigenvalue weighted by molar-refractivity contribution is 0.296. The van der Waals surface area contributed by atoms with Crippen molar-refractivity contribution in [1.82, 2.24) is 0 Å². The van der Waals surface area contributed by atoms with E-state index < -0.39 is 5.82 Å². The molecule has 0 amide bonds. The smallest absolute Gasteiger partial charge is 0.183 e. The molecule has 100 valence electrons. The first-order valence-corrected chi connectivity index (χ1v) is 6.46. The van der Waals surface area contributed by atoms with Crippen molar-refractivity contribution in [3.63, 3.8) is 0 Å². The Morgan fingerprint density at radius 2 is 1.84 bits per heavy atom. The second-order valence-electron chi connectivity index (χ2n) is 4.25. The summed E-state index contributed by atoms with van der Waals surface area (Å²) in [6, 6.07) is 12.4. The zero-order chi connectivity index (χ0) is 13.7. The van der Waals surface area contributed by atoms with Gasteiger partial charge in [-0.1, -0.05) is 29.8 Å². The Kier molecular flexibility index (Phi) is 4.63. The monoisotopic (exact) mass is 279 g/mol. The Morgan fingerprint density at radius 1 is 1.11 bits per heavy atom. The third-order valence-electron chi connectivity index (χ3n) is 2.76. The normalized spacial score (nSPS) is 10.4. The van der Waals surface area contributed by atoms with E-state index in [4.69, 9.17) is 22.1 Å². The van der Waals surface area contributed by atoms with Gasteiger partial charge in [-0.15, -0.1) is 0 Å². The van der Waals surface area contributed by atoms with Gasteiger partial charge in [0.05, 0.1) is 11.6 Å². The summed E-state index contributed by atoms with van der Waals surface area (Å²) in [4.78, 5) is 0. The van der Waals surface area contributed by atoms with Crippen LogP contribution >= 0.6 is 11.6 Å². The third-order valence-corrected chi connectivity index (χ3v) is 3.06. The molecule has 4 heteroatoms. The van der Waals surface area contributed by atoms with Gasteiger partial charge in [0.2, 0.25) is 0 Å². The molecule has 0 atom stereocenters. The largest absolute Gasteiger partial charge is 0.490 e. The highest BCUT2D eigenvalue weighted by atomic mass is 35.5. The van der Waals surface area contributed by atoms with Crippen LogP contribution in [0.4, 0.5) is 10.1 Å². The topological polar surface area (TPSA) is 35.2 Å². The molecule has 0 aliphatic heterocycles. The summed E-state index contributed by atoms with van der Waals surface area (Å²) < 4.78 is 18.9. The molecule has 0 aromatic heterocycles. The predicted octanol–water partition coefficient (Wildman–Crippen LogP) is 4.07. The van der Waals surface area contributed by atoms with Crippen LogP contribution in [0.3, 0.4) is 0 Å². The molecular weight excluding hydrogens is 265 g/mol. The van der Waals surface area contributed by atoms with Crippen LogP contribution in [0.2, 0.25) is 5.02 Å². The maximum absolute atomic E-state index is 13.5. The number of aryl methyl sites for hydroxylation is 1. The number of ether oxygens (including phenoxy) is 1. The van der Waals surface area contributed by atoms with E-state index in [1.54, 1.807) is 12.1 Å². The number of hydrogen-bond donors (Lipinski definition) is 1. The maximum atomic E-state index is 13.5. The van der Waals surface area contributed by atoms with Gasteiger partial charge in [0.25, 0.3) is 0 Å². The minimum Gasteiger partial charge on any atom is -0.490 e. The molecule has 2 nitrogen and oxygen atoms in total. The predicted molar refractivity (Wildman–Crippen MR) is 76.1 cm³/mol. The lowest BCUT2D eigenvalue weighted by Gasteiger charge is -2.08. The van der Waals surface area contributed by atoms with Crippen molar-refractivity contribution in [3.05, 3.63) is 58.9 Å². The molecule has 0 fully saturated rings. The Bertz CT molecular complexity index is 542. The molecule has 0 radical (unpaired) electrons. The van der Waals surface area contributed by atoms with Crippen LogP contribution in [0.5, 0.6) is 5.75 Å². The number of hydrogen-bond acceptors (Lipinski definition) is 2. The minimum atomic E-state index is -0.503. The molecule has 0 bridgehead atoms. The molecule has 0 spiro atoms. The zero-order valence-electron chi connectivity index (χ0n) is 10.4. The van der Waals surface area contributed by atoms with Crippen LogP contribution in [-0.4, -0.2) is 6.61 Å². The maximum Gasteiger partial charge on any atom is 0.183 e. The van der Waals surface area contributed by atoms with Crippen molar-refractivity contribution in [3.8, 4) is 5.75 Å². The van der Waals surface area contributed by atoms with E-state index in [1.165, 1.54) is 11.6 Å². The van der Waals surface area contributed by atoms with E-state index in [0.717, 1.165) is 18.5 Å². The van der Waals surface area contributed by atoms with E-state index in [2.05, 4.69) is 0 Å². The SMILES string of the molecule is Nc1ccc(CCCOc2cccc(Cl)c2F)cc1. The molecule has 0 heterocycles. The first-order valence-electron chi connectivity index (χ1n) is 6.08. The van der Waals surface area contributed by atoms with Gasteiger partial charge >= 0.3 is 0 Å². The van der Waals surface area contributed by atoms with Crippen LogP contribution in [-0.2, 0) is 6.42 Å². The Hall–Kier alpha value is -1.74. The van der Waals surface area contributed by atoms with Gasteiger partial charge < -0.3 is 10.5 Å². The second kappa shape index (κ2) is 6.43. The van der Waals surface area contributed by atoms with E-state index in [1.807, 2.05) is 24.3 Å². The quantitative estimate of drug-likeness (QED) is 0.661. The number of rotatable bonds is 5. The summed E-state index contributed by atoms with van der Waals surface area (Å²) in [6.07, 6.45) is 1.67. The molecule has 0 unspecified atom stereocenters. The second-order valence-corrected chi connectivity index (χ2v) is 4.65. The summed E-state index contributed by atoms with van der Waals surface area (Å²) >= 11 is 5.67. The van der Waals surface area contributed by atoms with Crippen molar-refractivity contribution in [2.24, 2.45) is 0 Å². The number of benzene rings is 2. The fourth-order valence-electron chi connectivity index (χ4n) is 1.74. The minimum absolute atomic E-state index is 0.0797. The Labute approximate surface area is 117 Å². The van der Waals surface area contributed by atoms with Crippen molar-refractivity contribution in [2.45, 2.75) is 12.8 Å². The average molecular weight is 280 g/mol. The molecule has 2 aromatic rings. The molecule has 19 heavy (non-hydrogen) atoms. The van der Waals surface area contributed by atoms with E-state index in [-0.39, 0.29) is 10.8 Å². The van der Waals surface area contributed by atoms with E-state index >= 15 is 0 Å². The van der Waals surface area contributed by atoms with Gasteiger partial charge in [-0.2, -0.15) is 0 Å². The average Bonchev–Trinajstić information content (AvgIpc) is 2.41. The van der Waals surface area contributed by atoms with Crippen LogP contribution in [0.15, 0.2) is 42.5 Å². The zero-order valence-corrected chi connectivity index (χ0v) is 11.2. The fourth-order valence-corrected chi connectivity index (χ4v) is 1.90. The van der Waals surface area contributed by atoms with Crippen molar-refractivity contribution in [2.75, 3.05) is 12.3 Å². The number of nitrogens with two attached hydrogens (primary N) is 1. The summed E-state index contributed by atoms with van der Waals surface area (Å²) in [5.41, 5.74) is 7.54. The highest BCUT2D eigenvalue weighted by Crippen LogP contribution is 2.24. The van der Waals surface area contributed by atoms with Crippen molar-refractivity contribution >= 4 is 17.3 Å². The van der Waals surface area contributed by atoms with Crippen molar-refractivity contribution in [1.29, 1.82) is 0 Å². The molecule has 2 N–H and O–H groups in total. The molecule has 0 aliphatic carbocycles. The number of anilines is 1. The Morgan fingerprint density at radius 3 is 2.58 bits per heavy atom. The van der Waals surface area contributed by atoms with Crippen LogP contribution in [0.1, 0.15) is 12.0 Å². The lowest BCUT2D eigenvalue weighted by Crippen LogP contribution is -2.01. The van der Waals surface area contributed by atoms with Crippen LogP contribution in [0.25, 0.3) is 0 Å². The third kappa shape index (κ3) is 3.86. The van der Waals surface area contributed by atoms with Crippen LogP contribution in [0, 0.1) is 5.82 Å². The van der Waals surface area contributed by atoms with Crippen molar-refractivity contribution < 1.29 is 9.13 Å². The standard InChI is InChI=1S/C15H15ClFNO/c16-13-4-1-5-14(15(13)17)19-10-2-3-11-6-8-12(18)9-7-11/h1,4-9H,2-3,10,18H2. The summed E-state index contributed by atoms with van der Waals surface area (Å²) in [7, 11) is 0. The molecule has 0 aliphatic rings. The Balaban J connectivity index is 1.81. The molecule has 0 saturated carbocycles. The molecule has 0 saturated heterocycles. The summed E-state index contributed by atoms with van der Waals surface area (Å²) in [6.45, 7) is 0.446. The van der Waals surface area contributed by atoms with E-state index in [9.17, 15) is 4.39 Å². The van der Waals surface area contributed by atoms with Gasteiger partial charge in [-0.3, -0.25) is 0 Å². The van der Waals surface area contributed by atoms with Gasteiger partial charge in [-0.05, 0) is 42.7 Å². The van der Waals surface area contributed by atoms with Gasteiger partial charge in [0.15, 0.2) is 11.6 Å². The molecular formula is C15H15ClFNO. The highest BCUT2D eigenvalue weighted by Gasteiger charge is 2.06. The number of nitrogen functional groups attached to an aromatic ring is 1. The van der Waals surface area contributed by atoms with Gasteiger partial charge in [0.1, 0.15) is 0 Å². The van der Waals surface area contributed by atoms with E-state index in [0.29, 0.717) is 6.61 Å². The number of halogens is 2. The van der Waals surface area contributed by atoms with Crippen LogP contribution < -0.4 is 10.5 Å². The fraction of sp³-hybridized carbons (Fsp3) is 0.200.